The minimum atomic E-state index is -3.75. The van der Waals surface area contributed by atoms with E-state index in [1.54, 1.807) is 19.1 Å². The van der Waals surface area contributed by atoms with E-state index in [2.05, 4.69) is 4.72 Å². The first-order valence-corrected chi connectivity index (χ1v) is 8.62. The van der Waals surface area contributed by atoms with Crippen molar-refractivity contribution in [2.75, 3.05) is 4.72 Å². The van der Waals surface area contributed by atoms with Crippen LogP contribution in [0.25, 0.3) is 0 Å². The van der Waals surface area contributed by atoms with E-state index in [0.29, 0.717) is 14.8 Å². The second kappa shape index (κ2) is 6.29. The summed E-state index contributed by atoms with van der Waals surface area (Å²) in [5, 5.41) is 9.41. The lowest BCUT2D eigenvalue weighted by atomic mass is 10.1. The average molecular weight is 421 g/mol. The molecule has 2 aromatic carbocycles. The number of aliphatic hydroxyl groups is 1. The zero-order valence-electron chi connectivity index (χ0n) is 11.0. The smallest absolute Gasteiger partial charge is 0.261 e. The van der Waals surface area contributed by atoms with Crippen molar-refractivity contribution in [2.24, 2.45) is 0 Å². The van der Waals surface area contributed by atoms with E-state index in [-0.39, 0.29) is 4.90 Å². The van der Waals surface area contributed by atoms with Gasteiger partial charge in [0.2, 0.25) is 0 Å². The van der Waals surface area contributed by atoms with Crippen LogP contribution in [0.15, 0.2) is 47.4 Å². The van der Waals surface area contributed by atoms with E-state index < -0.39 is 21.9 Å². The number of sulfonamides is 1. The standard InChI is InChI=1S/C14H13FINO3S/c1-9(18)10-2-5-12(6-3-10)21(19,20)17-14-7-4-11(15)8-13(14)16/h2-9,17-18H,1H3. The summed E-state index contributed by atoms with van der Waals surface area (Å²) in [6.07, 6.45) is -0.659. The average Bonchev–Trinajstić information content (AvgIpc) is 2.42. The van der Waals surface area contributed by atoms with Crippen LogP contribution >= 0.6 is 22.6 Å². The van der Waals surface area contributed by atoms with Crippen molar-refractivity contribution in [1.82, 2.24) is 0 Å². The molecular weight excluding hydrogens is 408 g/mol. The summed E-state index contributed by atoms with van der Waals surface area (Å²) >= 11 is 1.86. The largest absolute Gasteiger partial charge is 0.389 e. The molecular formula is C14H13FINO3S. The highest BCUT2D eigenvalue weighted by atomic mass is 127. The molecule has 0 saturated heterocycles. The van der Waals surface area contributed by atoms with Crippen molar-refractivity contribution >= 4 is 38.3 Å². The molecule has 0 aliphatic carbocycles. The zero-order valence-corrected chi connectivity index (χ0v) is 14.0. The Bertz CT molecular complexity index is 745. The summed E-state index contributed by atoms with van der Waals surface area (Å²) in [7, 11) is -3.75. The van der Waals surface area contributed by atoms with Gasteiger partial charge in [0, 0.05) is 3.57 Å². The van der Waals surface area contributed by atoms with Gasteiger partial charge in [-0.3, -0.25) is 4.72 Å². The van der Waals surface area contributed by atoms with E-state index in [1.165, 1.54) is 30.3 Å². The fraction of sp³-hybridized carbons (Fsp3) is 0.143. The van der Waals surface area contributed by atoms with Gasteiger partial charge in [-0.1, -0.05) is 12.1 Å². The van der Waals surface area contributed by atoms with Crippen molar-refractivity contribution in [3.8, 4) is 0 Å². The number of benzene rings is 2. The maximum atomic E-state index is 13.0. The van der Waals surface area contributed by atoms with Crippen LogP contribution in [0.4, 0.5) is 10.1 Å². The summed E-state index contributed by atoms with van der Waals surface area (Å²) in [5.74, 6) is -0.427. The Morgan fingerprint density at radius 3 is 2.33 bits per heavy atom. The summed E-state index contributed by atoms with van der Waals surface area (Å²) in [5.41, 5.74) is 0.946. The summed E-state index contributed by atoms with van der Waals surface area (Å²) in [4.78, 5) is 0.0759. The molecule has 0 heterocycles. The molecule has 21 heavy (non-hydrogen) atoms. The van der Waals surface area contributed by atoms with Gasteiger partial charge in [-0.15, -0.1) is 0 Å². The van der Waals surface area contributed by atoms with Crippen LogP contribution < -0.4 is 4.72 Å². The first kappa shape index (κ1) is 16.2. The minimum absolute atomic E-state index is 0.0759. The van der Waals surface area contributed by atoms with E-state index in [4.69, 9.17) is 0 Å². The van der Waals surface area contributed by atoms with Crippen molar-refractivity contribution in [2.45, 2.75) is 17.9 Å². The molecule has 0 saturated carbocycles. The minimum Gasteiger partial charge on any atom is -0.389 e. The third kappa shape index (κ3) is 3.92. The van der Waals surface area contributed by atoms with E-state index in [0.717, 1.165) is 0 Å². The van der Waals surface area contributed by atoms with Gasteiger partial charge in [0.25, 0.3) is 10.0 Å². The van der Waals surface area contributed by atoms with Gasteiger partial charge in [0.05, 0.1) is 16.7 Å². The topological polar surface area (TPSA) is 66.4 Å². The van der Waals surface area contributed by atoms with Gasteiger partial charge in [-0.2, -0.15) is 0 Å². The second-order valence-electron chi connectivity index (χ2n) is 4.47. The molecule has 0 radical (unpaired) electrons. The van der Waals surface area contributed by atoms with Crippen molar-refractivity contribution < 1.29 is 17.9 Å². The highest BCUT2D eigenvalue weighted by molar-refractivity contribution is 14.1. The quantitative estimate of drug-likeness (QED) is 0.745. The molecule has 2 rings (SSSR count). The molecule has 1 atom stereocenters. The first-order chi connectivity index (χ1) is 9.79. The van der Waals surface area contributed by atoms with Gasteiger partial charge in [0.1, 0.15) is 5.82 Å². The van der Waals surface area contributed by atoms with Crippen LogP contribution in [0, 0.1) is 9.39 Å². The molecule has 112 valence electrons. The van der Waals surface area contributed by atoms with Crippen LogP contribution in [0.2, 0.25) is 0 Å². The van der Waals surface area contributed by atoms with Crippen LogP contribution in [-0.4, -0.2) is 13.5 Å². The van der Waals surface area contributed by atoms with Crippen molar-refractivity contribution in [1.29, 1.82) is 0 Å². The molecule has 0 bridgehead atoms. The second-order valence-corrected chi connectivity index (χ2v) is 7.32. The molecule has 0 amide bonds. The Balaban J connectivity index is 2.29. The van der Waals surface area contributed by atoms with Crippen molar-refractivity contribution in [3.05, 3.63) is 57.4 Å². The van der Waals surface area contributed by atoms with E-state index in [9.17, 15) is 17.9 Å². The van der Waals surface area contributed by atoms with Gasteiger partial charge >= 0.3 is 0 Å². The monoisotopic (exact) mass is 421 g/mol. The van der Waals surface area contributed by atoms with E-state index in [1.807, 2.05) is 22.6 Å². The molecule has 0 aliphatic heterocycles. The van der Waals surface area contributed by atoms with Gasteiger partial charge < -0.3 is 5.11 Å². The highest BCUT2D eigenvalue weighted by Crippen LogP contribution is 2.23. The van der Waals surface area contributed by atoms with Gasteiger partial charge in [0.15, 0.2) is 0 Å². The van der Waals surface area contributed by atoms with Gasteiger partial charge in [-0.25, -0.2) is 12.8 Å². The summed E-state index contributed by atoms with van der Waals surface area (Å²) in [6, 6.07) is 9.75. The number of rotatable bonds is 4. The Morgan fingerprint density at radius 1 is 1.19 bits per heavy atom. The Labute approximate surface area is 136 Å². The Kier molecular flexibility index (Phi) is 4.84. The normalized spacial score (nSPS) is 13.0. The Hall–Kier alpha value is -1.19. The molecule has 2 N–H and O–H groups in total. The van der Waals surface area contributed by atoms with E-state index >= 15 is 0 Å². The Morgan fingerprint density at radius 2 is 1.81 bits per heavy atom. The fourth-order valence-corrected chi connectivity index (χ4v) is 3.58. The van der Waals surface area contributed by atoms with Crippen LogP contribution in [-0.2, 0) is 10.0 Å². The lowest BCUT2D eigenvalue weighted by molar-refractivity contribution is 0.199. The molecule has 1 unspecified atom stereocenters. The molecule has 7 heteroatoms. The zero-order chi connectivity index (χ0) is 15.6. The maximum Gasteiger partial charge on any atom is 0.261 e. The lowest BCUT2D eigenvalue weighted by Crippen LogP contribution is -2.14. The number of halogens is 2. The number of hydrogen-bond donors (Lipinski definition) is 2. The SMILES string of the molecule is CC(O)c1ccc(S(=O)(=O)Nc2ccc(F)cc2I)cc1. The third-order valence-corrected chi connectivity index (χ3v) is 5.12. The van der Waals surface area contributed by atoms with Crippen LogP contribution in [0.3, 0.4) is 0 Å². The number of nitrogens with one attached hydrogen (secondary N) is 1. The molecule has 4 nitrogen and oxygen atoms in total. The molecule has 0 aromatic heterocycles. The molecule has 0 fully saturated rings. The molecule has 0 spiro atoms. The molecule has 2 aromatic rings. The summed E-state index contributed by atoms with van der Waals surface area (Å²) < 4.78 is 40.4. The fourth-order valence-electron chi connectivity index (χ4n) is 1.70. The number of anilines is 1. The predicted molar refractivity (Wildman–Crippen MR) is 87.0 cm³/mol. The lowest BCUT2D eigenvalue weighted by Gasteiger charge is -2.11. The van der Waals surface area contributed by atoms with Crippen molar-refractivity contribution in [3.63, 3.8) is 0 Å². The maximum absolute atomic E-state index is 13.0. The third-order valence-electron chi connectivity index (χ3n) is 2.85. The molecule has 0 aliphatic rings. The first-order valence-electron chi connectivity index (χ1n) is 6.05. The highest BCUT2D eigenvalue weighted by Gasteiger charge is 2.16. The van der Waals surface area contributed by atoms with Gasteiger partial charge in [-0.05, 0) is 65.4 Å². The van der Waals surface area contributed by atoms with Crippen LogP contribution in [0.5, 0.6) is 0 Å². The summed E-state index contributed by atoms with van der Waals surface area (Å²) in [6.45, 7) is 1.60. The number of aliphatic hydroxyl groups excluding tert-OH is 1. The number of hydrogen-bond acceptors (Lipinski definition) is 3. The van der Waals surface area contributed by atoms with Crippen LogP contribution in [0.1, 0.15) is 18.6 Å². The predicted octanol–water partition coefficient (Wildman–Crippen LogP) is 3.28.